The molecule has 0 saturated carbocycles. The van der Waals surface area contributed by atoms with Gasteiger partial charge in [0.25, 0.3) is 0 Å². The van der Waals surface area contributed by atoms with Crippen LogP contribution in [-0.2, 0) is 0 Å². The standard InChI is InChI=1S/C16H20FN3/c1-5-8-18-16-11(3)15(19-12(4)20-16)14-7-6-13(17)9-10(14)2/h6-7,9H,5,8H2,1-4H3,(H,18,19,20). The van der Waals surface area contributed by atoms with E-state index in [1.54, 1.807) is 6.07 Å². The molecule has 0 aliphatic carbocycles. The van der Waals surface area contributed by atoms with E-state index in [9.17, 15) is 4.39 Å². The molecule has 0 unspecified atom stereocenters. The molecule has 1 aromatic carbocycles. The molecule has 1 N–H and O–H groups in total. The Hall–Kier alpha value is -1.97. The highest BCUT2D eigenvalue weighted by molar-refractivity contribution is 5.70. The number of hydrogen-bond acceptors (Lipinski definition) is 3. The van der Waals surface area contributed by atoms with Crippen molar-refractivity contribution in [1.82, 2.24) is 9.97 Å². The van der Waals surface area contributed by atoms with Crippen LogP contribution < -0.4 is 5.32 Å². The Kier molecular flexibility index (Phi) is 4.32. The molecular formula is C16H20FN3. The summed E-state index contributed by atoms with van der Waals surface area (Å²) in [5.41, 5.74) is 3.70. The van der Waals surface area contributed by atoms with Gasteiger partial charge < -0.3 is 5.32 Å². The van der Waals surface area contributed by atoms with Crippen LogP contribution in [0.25, 0.3) is 11.3 Å². The summed E-state index contributed by atoms with van der Waals surface area (Å²) in [5.74, 6) is 1.35. The molecule has 2 rings (SSSR count). The number of aryl methyl sites for hydroxylation is 2. The van der Waals surface area contributed by atoms with E-state index in [4.69, 9.17) is 0 Å². The SMILES string of the molecule is CCCNc1nc(C)nc(-c2ccc(F)cc2C)c1C. The van der Waals surface area contributed by atoms with Gasteiger partial charge in [0, 0.05) is 17.7 Å². The second kappa shape index (κ2) is 5.99. The maximum atomic E-state index is 13.2. The fraction of sp³-hybridized carbons (Fsp3) is 0.375. The fourth-order valence-electron chi connectivity index (χ4n) is 2.20. The lowest BCUT2D eigenvalue weighted by Crippen LogP contribution is -2.08. The van der Waals surface area contributed by atoms with Gasteiger partial charge in [-0.2, -0.15) is 0 Å². The Bertz CT molecular complexity index is 623. The lowest BCUT2D eigenvalue weighted by molar-refractivity contribution is 0.627. The predicted molar refractivity (Wildman–Crippen MR) is 80.4 cm³/mol. The number of aromatic nitrogens is 2. The lowest BCUT2D eigenvalue weighted by Gasteiger charge is -2.14. The van der Waals surface area contributed by atoms with Crippen LogP contribution in [-0.4, -0.2) is 16.5 Å². The molecule has 0 radical (unpaired) electrons. The first-order valence-corrected chi connectivity index (χ1v) is 6.88. The van der Waals surface area contributed by atoms with E-state index in [-0.39, 0.29) is 5.82 Å². The highest BCUT2D eigenvalue weighted by atomic mass is 19.1. The van der Waals surface area contributed by atoms with Crippen molar-refractivity contribution < 1.29 is 4.39 Å². The fourth-order valence-corrected chi connectivity index (χ4v) is 2.20. The molecule has 0 atom stereocenters. The molecule has 106 valence electrons. The molecule has 3 nitrogen and oxygen atoms in total. The molecule has 0 saturated heterocycles. The maximum absolute atomic E-state index is 13.2. The van der Waals surface area contributed by atoms with Crippen LogP contribution in [0.15, 0.2) is 18.2 Å². The second-order valence-corrected chi connectivity index (χ2v) is 4.98. The number of rotatable bonds is 4. The Morgan fingerprint density at radius 1 is 1.15 bits per heavy atom. The van der Waals surface area contributed by atoms with E-state index in [0.717, 1.165) is 41.2 Å². The van der Waals surface area contributed by atoms with Gasteiger partial charge in [-0.15, -0.1) is 0 Å². The van der Waals surface area contributed by atoms with Gasteiger partial charge in [0.05, 0.1) is 5.69 Å². The zero-order valence-corrected chi connectivity index (χ0v) is 12.4. The second-order valence-electron chi connectivity index (χ2n) is 4.98. The number of halogens is 1. The summed E-state index contributed by atoms with van der Waals surface area (Å²) in [5, 5.41) is 3.32. The summed E-state index contributed by atoms with van der Waals surface area (Å²) in [7, 11) is 0. The van der Waals surface area contributed by atoms with Crippen molar-refractivity contribution in [2.45, 2.75) is 34.1 Å². The summed E-state index contributed by atoms with van der Waals surface area (Å²) < 4.78 is 13.2. The molecule has 2 aromatic rings. The average Bonchev–Trinajstić information content (AvgIpc) is 2.40. The third kappa shape index (κ3) is 2.95. The van der Waals surface area contributed by atoms with E-state index in [0.29, 0.717) is 5.82 Å². The first kappa shape index (κ1) is 14.4. The van der Waals surface area contributed by atoms with Crippen LogP contribution in [0.5, 0.6) is 0 Å². The van der Waals surface area contributed by atoms with Crippen LogP contribution in [0, 0.1) is 26.6 Å². The van der Waals surface area contributed by atoms with Crippen LogP contribution in [0.3, 0.4) is 0 Å². The van der Waals surface area contributed by atoms with Crippen LogP contribution >= 0.6 is 0 Å². The highest BCUT2D eigenvalue weighted by Gasteiger charge is 2.13. The van der Waals surface area contributed by atoms with Crippen molar-refractivity contribution in [2.75, 3.05) is 11.9 Å². The molecule has 0 bridgehead atoms. The Morgan fingerprint density at radius 3 is 2.55 bits per heavy atom. The van der Waals surface area contributed by atoms with Gasteiger partial charge in [0.1, 0.15) is 17.5 Å². The van der Waals surface area contributed by atoms with E-state index >= 15 is 0 Å². The van der Waals surface area contributed by atoms with E-state index in [1.807, 2.05) is 20.8 Å². The molecule has 20 heavy (non-hydrogen) atoms. The largest absolute Gasteiger partial charge is 0.370 e. The van der Waals surface area contributed by atoms with Crippen molar-refractivity contribution >= 4 is 5.82 Å². The zero-order valence-electron chi connectivity index (χ0n) is 12.4. The molecular weight excluding hydrogens is 253 g/mol. The topological polar surface area (TPSA) is 37.8 Å². The molecule has 1 heterocycles. The van der Waals surface area contributed by atoms with Gasteiger partial charge in [-0.1, -0.05) is 6.92 Å². The first-order chi connectivity index (χ1) is 9.52. The van der Waals surface area contributed by atoms with Gasteiger partial charge in [-0.05, 0) is 51.0 Å². The van der Waals surface area contributed by atoms with Gasteiger partial charge >= 0.3 is 0 Å². The van der Waals surface area contributed by atoms with Crippen molar-refractivity contribution in [3.05, 3.63) is 41.0 Å². The lowest BCUT2D eigenvalue weighted by atomic mass is 10.0. The number of nitrogens with one attached hydrogen (secondary N) is 1. The minimum Gasteiger partial charge on any atom is -0.370 e. The van der Waals surface area contributed by atoms with Crippen molar-refractivity contribution in [3.63, 3.8) is 0 Å². The van der Waals surface area contributed by atoms with E-state index in [2.05, 4.69) is 22.2 Å². The van der Waals surface area contributed by atoms with Gasteiger partial charge in [-0.3, -0.25) is 0 Å². The van der Waals surface area contributed by atoms with E-state index in [1.165, 1.54) is 12.1 Å². The quantitative estimate of drug-likeness (QED) is 0.914. The number of hydrogen-bond donors (Lipinski definition) is 1. The van der Waals surface area contributed by atoms with Gasteiger partial charge in [0.15, 0.2) is 0 Å². The first-order valence-electron chi connectivity index (χ1n) is 6.88. The third-order valence-corrected chi connectivity index (χ3v) is 3.24. The average molecular weight is 273 g/mol. The van der Waals surface area contributed by atoms with Crippen LogP contribution in [0.2, 0.25) is 0 Å². The van der Waals surface area contributed by atoms with Crippen molar-refractivity contribution in [1.29, 1.82) is 0 Å². The monoisotopic (exact) mass is 273 g/mol. The summed E-state index contributed by atoms with van der Waals surface area (Å²) in [4.78, 5) is 8.98. The summed E-state index contributed by atoms with van der Waals surface area (Å²) in [6, 6.07) is 4.78. The van der Waals surface area contributed by atoms with Crippen LogP contribution in [0.4, 0.5) is 10.2 Å². The minimum atomic E-state index is -0.223. The zero-order chi connectivity index (χ0) is 14.7. The molecule has 4 heteroatoms. The van der Waals surface area contributed by atoms with Gasteiger partial charge in [-0.25, -0.2) is 14.4 Å². The predicted octanol–water partition coefficient (Wildman–Crippen LogP) is 4.03. The highest BCUT2D eigenvalue weighted by Crippen LogP contribution is 2.28. The number of nitrogens with zero attached hydrogens (tertiary/aromatic N) is 2. The van der Waals surface area contributed by atoms with Gasteiger partial charge in [0.2, 0.25) is 0 Å². The smallest absolute Gasteiger partial charge is 0.133 e. The summed E-state index contributed by atoms with van der Waals surface area (Å²) >= 11 is 0. The maximum Gasteiger partial charge on any atom is 0.133 e. The Morgan fingerprint density at radius 2 is 1.90 bits per heavy atom. The molecule has 0 fully saturated rings. The van der Waals surface area contributed by atoms with Crippen molar-refractivity contribution in [3.8, 4) is 11.3 Å². The molecule has 0 amide bonds. The molecule has 0 spiro atoms. The minimum absolute atomic E-state index is 0.223. The van der Waals surface area contributed by atoms with Crippen molar-refractivity contribution in [2.24, 2.45) is 0 Å². The Balaban J connectivity index is 2.53. The number of benzene rings is 1. The number of anilines is 1. The van der Waals surface area contributed by atoms with Crippen LogP contribution in [0.1, 0.15) is 30.3 Å². The summed E-state index contributed by atoms with van der Waals surface area (Å²) in [6.07, 6.45) is 1.04. The third-order valence-electron chi connectivity index (χ3n) is 3.24. The molecule has 0 aliphatic heterocycles. The summed E-state index contributed by atoms with van der Waals surface area (Å²) in [6.45, 7) is 8.75. The van der Waals surface area contributed by atoms with E-state index < -0.39 is 0 Å². The molecule has 0 aliphatic rings. The Labute approximate surface area is 119 Å². The molecule has 1 aromatic heterocycles. The normalized spacial score (nSPS) is 10.7.